The molecule has 6 rings (SSSR count). The molecule has 0 spiro atoms. The van der Waals surface area contributed by atoms with Gasteiger partial charge in [-0.15, -0.1) is 0 Å². The Morgan fingerprint density at radius 3 is 2.38 bits per heavy atom. The Hall–Kier alpha value is -4.85. The van der Waals surface area contributed by atoms with Gasteiger partial charge in [0.2, 0.25) is 0 Å². The van der Waals surface area contributed by atoms with Gasteiger partial charge in [0.05, 0.1) is 28.8 Å². The summed E-state index contributed by atoms with van der Waals surface area (Å²) in [5.74, 6) is 0.752. The Bertz CT molecular complexity index is 1660. The molecule has 8 nitrogen and oxygen atoms in total. The van der Waals surface area contributed by atoms with E-state index in [-0.39, 0.29) is 5.69 Å². The van der Waals surface area contributed by atoms with Gasteiger partial charge < -0.3 is 4.98 Å². The van der Waals surface area contributed by atoms with Gasteiger partial charge in [0.25, 0.3) is 0 Å². The number of imidazole rings is 2. The van der Waals surface area contributed by atoms with Gasteiger partial charge in [-0.2, -0.15) is 0 Å². The number of pyridine rings is 3. The molecule has 0 unspecified atom stereocenters. The van der Waals surface area contributed by atoms with Gasteiger partial charge in [-0.25, -0.2) is 19.3 Å². The number of aromatic nitrogens is 7. The zero-order valence-corrected chi connectivity index (χ0v) is 18.3. The van der Waals surface area contributed by atoms with E-state index in [4.69, 9.17) is 4.98 Å². The molecule has 5 heterocycles. The van der Waals surface area contributed by atoms with Gasteiger partial charge in [0.15, 0.2) is 5.65 Å². The summed E-state index contributed by atoms with van der Waals surface area (Å²) in [6, 6.07) is 21.1. The van der Waals surface area contributed by atoms with Crippen molar-refractivity contribution in [1.82, 2.24) is 34.1 Å². The maximum atomic E-state index is 12.6. The summed E-state index contributed by atoms with van der Waals surface area (Å²) >= 11 is 0. The SMILES string of the molecule is Cc1ccc(-n2cc(-c3ccccn3)nc2-c2ccc(-n3c(=O)[nH]c4cccnc43)cc2)cn1. The zero-order valence-electron chi connectivity index (χ0n) is 18.3. The summed E-state index contributed by atoms with van der Waals surface area (Å²) in [6.07, 6.45) is 7.22. The van der Waals surface area contributed by atoms with E-state index in [1.54, 1.807) is 23.0 Å². The van der Waals surface area contributed by atoms with Crippen LogP contribution in [0.3, 0.4) is 0 Å². The third kappa shape index (κ3) is 3.38. The van der Waals surface area contributed by atoms with Crippen LogP contribution in [0, 0.1) is 6.92 Å². The number of rotatable bonds is 4. The molecule has 0 aliphatic heterocycles. The van der Waals surface area contributed by atoms with E-state index < -0.39 is 0 Å². The molecule has 0 saturated heterocycles. The van der Waals surface area contributed by atoms with Gasteiger partial charge >= 0.3 is 5.69 Å². The fourth-order valence-electron chi connectivity index (χ4n) is 3.96. The summed E-state index contributed by atoms with van der Waals surface area (Å²) in [5.41, 5.74) is 6.06. The van der Waals surface area contributed by atoms with Crippen LogP contribution in [0.1, 0.15) is 5.69 Å². The molecule has 1 N–H and O–H groups in total. The zero-order chi connectivity index (χ0) is 23.1. The standard InChI is InChI=1S/C26H19N7O/c1-17-7-10-20(15-29-17)32-16-23(21-5-2-3-13-27-21)30-24(32)18-8-11-19(12-9-18)33-25-22(31-26(33)34)6-4-14-28-25/h2-16H,1H3,(H,31,34). The van der Waals surface area contributed by atoms with E-state index in [0.717, 1.165) is 39.8 Å². The van der Waals surface area contributed by atoms with Crippen LogP contribution in [0.15, 0.2) is 96.3 Å². The molecule has 0 amide bonds. The van der Waals surface area contributed by atoms with Crippen LogP contribution in [-0.4, -0.2) is 34.1 Å². The lowest BCUT2D eigenvalue weighted by molar-refractivity contribution is 0.998. The molecule has 0 saturated carbocycles. The largest absolute Gasteiger partial charge is 0.332 e. The molecule has 0 atom stereocenters. The molecular weight excluding hydrogens is 426 g/mol. The second-order valence-electron chi connectivity index (χ2n) is 7.88. The number of H-pyrrole nitrogens is 1. The Balaban J connectivity index is 1.47. The second kappa shape index (κ2) is 7.93. The van der Waals surface area contributed by atoms with E-state index in [0.29, 0.717) is 11.2 Å². The average molecular weight is 445 g/mol. The minimum Gasteiger partial charge on any atom is -0.304 e. The molecule has 1 aromatic carbocycles. The molecule has 0 bridgehead atoms. The van der Waals surface area contributed by atoms with Crippen LogP contribution in [0.2, 0.25) is 0 Å². The molecule has 8 heteroatoms. The van der Waals surface area contributed by atoms with Crippen molar-refractivity contribution in [2.75, 3.05) is 0 Å². The van der Waals surface area contributed by atoms with Gasteiger partial charge in [0, 0.05) is 29.8 Å². The van der Waals surface area contributed by atoms with E-state index in [1.165, 1.54) is 0 Å². The molecule has 0 aliphatic carbocycles. The predicted molar refractivity (Wildman–Crippen MR) is 130 cm³/mol. The number of nitrogens with one attached hydrogen (secondary N) is 1. The Morgan fingerprint density at radius 2 is 1.62 bits per heavy atom. The van der Waals surface area contributed by atoms with Gasteiger partial charge in [0.1, 0.15) is 11.5 Å². The highest BCUT2D eigenvalue weighted by molar-refractivity contribution is 5.73. The lowest BCUT2D eigenvalue weighted by Crippen LogP contribution is -2.14. The molecule has 0 radical (unpaired) electrons. The van der Waals surface area contributed by atoms with Gasteiger partial charge in [-0.05, 0) is 67.6 Å². The molecule has 5 aromatic heterocycles. The van der Waals surface area contributed by atoms with E-state index >= 15 is 0 Å². The normalized spacial score (nSPS) is 11.2. The molecule has 164 valence electrons. The summed E-state index contributed by atoms with van der Waals surface area (Å²) in [6.45, 7) is 1.96. The minimum absolute atomic E-state index is 0.230. The summed E-state index contributed by atoms with van der Waals surface area (Å²) in [4.78, 5) is 33.6. The van der Waals surface area contributed by atoms with Gasteiger partial charge in [-0.3, -0.25) is 14.5 Å². The Kier molecular flexibility index (Phi) is 4.62. The number of benzene rings is 1. The van der Waals surface area contributed by atoms with Crippen molar-refractivity contribution in [3.63, 3.8) is 0 Å². The van der Waals surface area contributed by atoms with Crippen molar-refractivity contribution in [3.05, 3.63) is 108 Å². The first-order chi connectivity index (χ1) is 16.7. The molecule has 6 aromatic rings. The number of aromatic amines is 1. The van der Waals surface area contributed by atoms with Crippen molar-refractivity contribution in [3.8, 4) is 34.2 Å². The van der Waals surface area contributed by atoms with Gasteiger partial charge in [-0.1, -0.05) is 6.07 Å². The van der Waals surface area contributed by atoms with Crippen LogP contribution >= 0.6 is 0 Å². The topological polar surface area (TPSA) is 94.3 Å². The first-order valence-electron chi connectivity index (χ1n) is 10.8. The minimum atomic E-state index is -0.230. The molecule has 0 fully saturated rings. The third-order valence-electron chi connectivity index (χ3n) is 5.63. The van der Waals surface area contributed by atoms with Crippen LogP contribution in [0.25, 0.3) is 45.3 Å². The predicted octanol–water partition coefficient (Wildman–Crippen LogP) is 4.33. The summed E-state index contributed by atoms with van der Waals surface area (Å²) in [5, 5.41) is 0. The summed E-state index contributed by atoms with van der Waals surface area (Å²) in [7, 11) is 0. The average Bonchev–Trinajstić information content (AvgIpc) is 3.46. The number of fused-ring (bicyclic) bond motifs is 1. The number of hydrogen-bond donors (Lipinski definition) is 1. The molecule has 0 aliphatic rings. The smallest absolute Gasteiger partial charge is 0.304 e. The monoisotopic (exact) mass is 445 g/mol. The number of hydrogen-bond acceptors (Lipinski definition) is 5. The first kappa shape index (κ1) is 19.8. The second-order valence-corrected chi connectivity index (χ2v) is 7.88. The highest BCUT2D eigenvalue weighted by Gasteiger charge is 2.15. The maximum absolute atomic E-state index is 12.6. The lowest BCUT2D eigenvalue weighted by Gasteiger charge is -2.09. The van der Waals surface area contributed by atoms with E-state index in [1.807, 2.05) is 84.5 Å². The van der Waals surface area contributed by atoms with E-state index in [2.05, 4.69) is 19.9 Å². The van der Waals surface area contributed by atoms with Crippen molar-refractivity contribution in [1.29, 1.82) is 0 Å². The number of nitrogens with zero attached hydrogens (tertiary/aromatic N) is 6. The molecular formula is C26H19N7O. The fourth-order valence-corrected chi connectivity index (χ4v) is 3.96. The summed E-state index contributed by atoms with van der Waals surface area (Å²) < 4.78 is 3.57. The highest BCUT2D eigenvalue weighted by Crippen LogP contribution is 2.28. The van der Waals surface area contributed by atoms with Crippen molar-refractivity contribution < 1.29 is 0 Å². The third-order valence-corrected chi connectivity index (χ3v) is 5.63. The van der Waals surface area contributed by atoms with Crippen LogP contribution in [0.5, 0.6) is 0 Å². The Labute approximate surface area is 194 Å². The molecule has 34 heavy (non-hydrogen) atoms. The van der Waals surface area contributed by atoms with Crippen LogP contribution in [0.4, 0.5) is 0 Å². The fraction of sp³-hybridized carbons (Fsp3) is 0.0385. The quantitative estimate of drug-likeness (QED) is 0.436. The van der Waals surface area contributed by atoms with Crippen molar-refractivity contribution in [2.24, 2.45) is 0 Å². The van der Waals surface area contributed by atoms with Crippen molar-refractivity contribution in [2.45, 2.75) is 6.92 Å². The van der Waals surface area contributed by atoms with Crippen molar-refractivity contribution >= 4 is 11.2 Å². The maximum Gasteiger partial charge on any atom is 0.332 e. The van der Waals surface area contributed by atoms with E-state index in [9.17, 15) is 4.79 Å². The number of aryl methyl sites for hydroxylation is 1. The first-order valence-corrected chi connectivity index (χ1v) is 10.8. The highest BCUT2D eigenvalue weighted by atomic mass is 16.1. The Morgan fingerprint density at radius 1 is 0.794 bits per heavy atom. The lowest BCUT2D eigenvalue weighted by atomic mass is 10.2. The van der Waals surface area contributed by atoms with Crippen LogP contribution < -0.4 is 5.69 Å². The van der Waals surface area contributed by atoms with Crippen LogP contribution in [-0.2, 0) is 0 Å².